The molecule has 2 fully saturated rings. The van der Waals surface area contributed by atoms with E-state index in [0.717, 1.165) is 31.9 Å². The number of hydrogen-bond donors (Lipinski definition) is 1. The van der Waals surface area contributed by atoms with Crippen molar-refractivity contribution in [1.29, 1.82) is 0 Å². The summed E-state index contributed by atoms with van der Waals surface area (Å²) >= 11 is 0. The lowest BCUT2D eigenvalue weighted by atomic mass is 10.2. The Morgan fingerprint density at radius 1 is 1.29 bits per heavy atom. The van der Waals surface area contributed by atoms with Crippen LogP contribution >= 0.6 is 0 Å². The maximum Gasteiger partial charge on any atom is 0.232 e. The molecule has 21 heavy (non-hydrogen) atoms. The zero-order chi connectivity index (χ0) is 15.2. The first-order valence-electron chi connectivity index (χ1n) is 6.96. The van der Waals surface area contributed by atoms with Gasteiger partial charge in [-0.15, -0.1) is 0 Å². The molecule has 0 unspecified atom stereocenters. The number of benzene rings is 1. The molecule has 1 aromatic rings. The number of carbonyl (C=O) groups is 1. The first-order valence-corrected chi connectivity index (χ1v) is 8.81. The fraction of sp³-hybridized carbons (Fsp3) is 0.500. The molecule has 0 aliphatic heterocycles. The number of amides is 1. The van der Waals surface area contributed by atoms with Gasteiger partial charge in [0.1, 0.15) is 5.82 Å². The number of nitrogens with zero attached hydrogens (tertiary/aromatic N) is 1. The Bertz CT molecular complexity index is 681. The highest BCUT2D eigenvalue weighted by molar-refractivity contribution is 7.92. The van der Waals surface area contributed by atoms with Gasteiger partial charge in [-0.2, -0.15) is 0 Å². The van der Waals surface area contributed by atoms with E-state index >= 15 is 0 Å². The fourth-order valence-electron chi connectivity index (χ4n) is 2.34. The number of nitrogens with one attached hydrogen (secondary N) is 1. The van der Waals surface area contributed by atoms with E-state index < -0.39 is 15.8 Å². The lowest BCUT2D eigenvalue weighted by molar-refractivity contribution is -0.117. The molecule has 5 nitrogen and oxygen atoms in total. The second-order valence-electron chi connectivity index (χ2n) is 5.71. The largest absolute Gasteiger partial charge is 0.324 e. The Kier molecular flexibility index (Phi) is 3.39. The van der Waals surface area contributed by atoms with Crippen molar-refractivity contribution < 1.29 is 17.6 Å². The lowest BCUT2D eigenvalue weighted by Gasteiger charge is -2.25. The van der Waals surface area contributed by atoms with Crippen molar-refractivity contribution in [2.45, 2.75) is 31.7 Å². The summed E-state index contributed by atoms with van der Waals surface area (Å²) in [4.78, 5) is 11.9. The molecule has 0 bridgehead atoms. The van der Waals surface area contributed by atoms with E-state index in [1.807, 2.05) is 0 Å². The molecule has 114 valence electrons. The Balaban J connectivity index is 1.97. The van der Waals surface area contributed by atoms with E-state index in [2.05, 4.69) is 5.32 Å². The van der Waals surface area contributed by atoms with Crippen LogP contribution in [0.4, 0.5) is 15.8 Å². The van der Waals surface area contributed by atoms with Crippen LogP contribution in [0, 0.1) is 11.7 Å². The standard InChI is InChI=1S/C14H17FN2O3S/c1-21(19,20)17(11-5-6-11)13-7-4-10(15)8-12(13)16-14(18)9-2-3-9/h4,7-9,11H,2-3,5-6H2,1H3,(H,16,18). The topological polar surface area (TPSA) is 66.5 Å². The molecule has 1 N–H and O–H groups in total. The molecule has 0 radical (unpaired) electrons. The number of rotatable bonds is 5. The van der Waals surface area contributed by atoms with Crippen LogP contribution in [0.5, 0.6) is 0 Å². The van der Waals surface area contributed by atoms with Gasteiger partial charge < -0.3 is 5.32 Å². The van der Waals surface area contributed by atoms with Crippen LogP contribution in [-0.4, -0.2) is 26.6 Å². The van der Waals surface area contributed by atoms with Gasteiger partial charge in [0, 0.05) is 12.0 Å². The summed E-state index contributed by atoms with van der Waals surface area (Å²) in [6, 6.07) is 3.71. The van der Waals surface area contributed by atoms with Crippen molar-refractivity contribution in [3.8, 4) is 0 Å². The smallest absolute Gasteiger partial charge is 0.232 e. The fourth-order valence-corrected chi connectivity index (χ4v) is 3.60. The van der Waals surface area contributed by atoms with E-state index in [9.17, 15) is 17.6 Å². The second-order valence-corrected chi connectivity index (χ2v) is 7.57. The molecular formula is C14H17FN2O3S. The average Bonchev–Trinajstić information content (AvgIpc) is 3.25. The Hall–Kier alpha value is -1.63. The molecule has 0 atom stereocenters. The third-order valence-electron chi connectivity index (χ3n) is 3.64. The van der Waals surface area contributed by atoms with Crippen molar-refractivity contribution in [1.82, 2.24) is 0 Å². The Morgan fingerprint density at radius 2 is 1.95 bits per heavy atom. The minimum atomic E-state index is -3.47. The van der Waals surface area contributed by atoms with E-state index in [-0.39, 0.29) is 23.6 Å². The third kappa shape index (κ3) is 3.18. The van der Waals surface area contributed by atoms with Crippen LogP contribution in [0.2, 0.25) is 0 Å². The van der Waals surface area contributed by atoms with E-state index in [4.69, 9.17) is 0 Å². The van der Waals surface area contributed by atoms with Crippen LogP contribution in [0.1, 0.15) is 25.7 Å². The van der Waals surface area contributed by atoms with Gasteiger partial charge in [0.25, 0.3) is 0 Å². The zero-order valence-electron chi connectivity index (χ0n) is 11.7. The average molecular weight is 312 g/mol. The predicted molar refractivity (Wildman–Crippen MR) is 78.1 cm³/mol. The summed E-state index contributed by atoms with van der Waals surface area (Å²) in [5.41, 5.74) is 0.569. The number of anilines is 2. The third-order valence-corrected chi connectivity index (χ3v) is 4.85. The van der Waals surface area contributed by atoms with Crippen LogP contribution in [0.3, 0.4) is 0 Å². The Morgan fingerprint density at radius 3 is 2.48 bits per heavy atom. The van der Waals surface area contributed by atoms with Gasteiger partial charge in [0.15, 0.2) is 0 Å². The minimum absolute atomic E-state index is 0.0336. The highest BCUT2D eigenvalue weighted by Crippen LogP contribution is 2.39. The molecule has 0 saturated heterocycles. The van der Waals surface area contributed by atoms with E-state index in [1.165, 1.54) is 22.5 Å². The molecule has 0 heterocycles. The van der Waals surface area contributed by atoms with Crippen LogP contribution < -0.4 is 9.62 Å². The second kappa shape index (κ2) is 4.98. The number of halogens is 1. The quantitative estimate of drug-likeness (QED) is 0.905. The first kappa shape index (κ1) is 14.3. The molecule has 1 amide bonds. The van der Waals surface area contributed by atoms with Crippen molar-refractivity contribution >= 4 is 27.3 Å². The summed E-state index contributed by atoms with van der Waals surface area (Å²) in [6.07, 6.45) is 4.34. The van der Waals surface area contributed by atoms with Gasteiger partial charge in [0.05, 0.1) is 17.6 Å². The van der Waals surface area contributed by atoms with Gasteiger partial charge in [0.2, 0.25) is 15.9 Å². The lowest BCUT2D eigenvalue weighted by Crippen LogP contribution is -2.33. The van der Waals surface area contributed by atoms with Crippen LogP contribution in [0.25, 0.3) is 0 Å². The summed E-state index contributed by atoms with van der Waals surface area (Å²) in [7, 11) is -3.47. The number of hydrogen-bond acceptors (Lipinski definition) is 3. The highest BCUT2D eigenvalue weighted by atomic mass is 32.2. The summed E-state index contributed by atoms with van der Waals surface area (Å²) in [5, 5.41) is 2.66. The van der Waals surface area contributed by atoms with Gasteiger partial charge in [-0.05, 0) is 43.9 Å². The van der Waals surface area contributed by atoms with E-state index in [1.54, 1.807) is 0 Å². The van der Waals surface area contributed by atoms with Crippen LogP contribution in [0.15, 0.2) is 18.2 Å². The molecular weight excluding hydrogens is 295 g/mol. The molecule has 0 spiro atoms. The maximum absolute atomic E-state index is 13.5. The zero-order valence-corrected chi connectivity index (χ0v) is 12.5. The van der Waals surface area contributed by atoms with Gasteiger partial charge in [-0.25, -0.2) is 12.8 Å². The maximum atomic E-state index is 13.5. The molecule has 7 heteroatoms. The Labute approximate surface area is 123 Å². The first-order chi connectivity index (χ1) is 9.86. The van der Waals surface area contributed by atoms with Crippen molar-refractivity contribution in [2.75, 3.05) is 15.9 Å². The molecule has 2 saturated carbocycles. The normalized spacial score (nSPS) is 18.4. The van der Waals surface area contributed by atoms with Crippen molar-refractivity contribution in [3.05, 3.63) is 24.0 Å². The molecule has 0 aromatic heterocycles. The molecule has 1 aromatic carbocycles. The number of carbonyl (C=O) groups excluding carboxylic acids is 1. The van der Waals surface area contributed by atoms with E-state index in [0.29, 0.717) is 5.69 Å². The molecule has 2 aliphatic rings. The van der Waals surface area contributed by atoms with Crippen molar-refractivity contribution in [3.63, 3.8) is 0 Å². The molecule has 3 rings (SSSR count). The van der Waals surface area contributed by atoms with Crippen LogP contribution in [-0.2, 0) is 14.8 Å². The van der Waals surface area contributed by atoms with Gasteiger partial charge in [-0.1, -0.05) is 0 Å². The minimum Gasteiger partial charge on any atom is -0.324 e. The highest BCUT2D eigenvalue weighted by Gasteiger charge is 2.37. The van der Waals surface area contributed by atoms with Crippen molar-refractivity contribution in [2.24, 2.45) is 5.92 Å². The van der Waals surface area contributed by atoms with Gasteiger partial charge >= 0.3 is 0 Å². The summed E-state index contributed by atoms with van der Waals surface area (Å²) < 4.78 is 38.8. The predicted octanol–water partition coefficient (Wildman–Crippen LogP) is 2.10. The molecule has 2 aliphatic carbocycles. The SMILES string of the molecule is CS(=O)(=O)N(c1ccc(F)cc1NC(=O)C1CC1)C1CC1. The monoisotopic (exact) mass is 312 g/mol. The summed E-state index contributed by atoms with van der Waals surface area (Å²) in [6.45, 7) is 0. The summed E-state index contributed by atoms with van der Waals surface area (Å²) in [5.74, 6) is -0.714. The van der Waals surface area contributed by atoms with Gasteiger partial charge in [-0.3, -0.25) is 9.10 Å². The number of sulfonamides is 1.